The number of imidazole rings is 1. The summed E-state index contributed by atoms with van der Waals surface area (Å²) < 4.78 is 14.6. The maximum absolute atomic E-state index is 12.3. The fraction of sp³-hybridized carbons (Fsp3) is 0.500. The molecule has 2 aromatic heterocycles. The van der Waals surface area contributed by atoms with Gasteiger partial charge in [-0.3, -0.25) is 14.5 Å². The number of fused-ring (bicyclic) bond motifs is 1. The van der Waals surface area contributed by atoms with E-state index in [0.717, 1.165) is 41.1 Å². The van der Waals surface area contributed by atoms with Gasteiger partial charge < -0.3 is 23.7 Å². The molecule has 1 unspecified atom stereocenters. The standard InChI is InChI=1S/C26H34N4O5/c1-17-11-20(13-29(3)25(17)31)24-27-22-12-18(5-7-19(15-34-4)26(32)33)6-8-23(22)30(24)14-21-16-35-10-9-28(21)2/h6,8,11-13,19,21H,5,7,9-10,14-16H2,1-4H3,(H,32,33)/t19-,21?/m0/s1. The topological polar surface area (TPSA) is 98.8 Å². The predicted octanol–water partition coefficient (Wildman–Crippen LogP) is 2.32. The minimum absolute atomic E-state index is 0.0249. The van der Waals surface area contributed by atoms with Crippen LogP contribution in [0, 0.1) is 12.8 Å². The van der Waals surface area contributed by atoms with Gasteiger partial charge in [-0.1, -0.05) is 6.07 Å². The Hall–Kier alpha value is -3.01. The highest BCUT2D eigenvalue weighted by Crippen LogP contribution is 2.27. The molecule has 9 nitrogen and oxygen atoms in total. The number of aliphatic carboxylic acids is 1. The summed E-state index contributed by atoms with van der Waals surface area (Å²) in [7, 11) is 5.39. The molecule has 0 saturated carbocycles. The highest BCUT2D eigenvalue weighted by molar-refractivity contribution is 5.81. The van der Waals surface area contributed by atoms with Crippen molar-refractivity contribution < 1.29 is 19.4 Å². The summed E-state index contributed by atoms with van der Waals surface area (Å²) in [5, 5.41) is 9.43. The van der Waals surface area contributed by atoms with Crippen LogP contribution in [0.4, 0.5) is 0 Å². The number of rotatable bonds is 9. The Morgan fingerprint density at radius 2 is 2.11 bits per heavy atom. The molecule has 35 heavy (non-hydrogen) atoms. The van der Waals surface area contributed by atoms with Gasteiger partial charge in [-0.05, 0) is 50.6 Å². The molecule has 1 fully saturated rings. The lowest BCUT2D eigenvalue weighted by Gasteiger charge is -2.33. The number of carboxylic acids is 1. The van der Waals surface area contributed by atoms with Crippen molar-refractivity contribution in [2.24, 2.45) is 13.0 Å². The molecule has 1 aliphatic heterocycles. The largest absolute Gasteiger partial charge is 0.481 e. The molecule has 1 aromatic carbocycles. The number of methoxy groups -OCH3 is 1. The summed E-state index contributed by atoms with van der Waals surface area (Å²) in [6.07, 6.45) is 2.94. The number of hydrogen-bond acceptors (Lipinski definition) is 6. The highest BCUT2D eigenvalue weighted by atomic mass is 16.5. The first-order valence-corrected chi connectivity index (χ1v) is 11.9. The number of pyridine rings is 1. The smallest absolute Gasteiger partial charge is 0.308 e. The summed E-state index contributed by atoms with van der Waals surface area (Å²) in [5.74, 6) is -0.583. The van der Waals surface area contributed by atoms with Crippen LogP contribution in [-0.2, 0) is 34.3 Å². The summed E-state index contributed by atoms with van der Waals surface area (Å²) in [5.41, 5.74) is 4.41. The van der Waals surface area contributed by atoms with E-state index in [-0.39, 0.29) is 18.2 Å². The molecule has 3 heterocycles. The van der Waals surface area contributed by atoms with E-state index < -0.39 is 11.9 Å². The Kier molecular flexibility index (Phi) is 7.69. The molecule has 0 bridgehead atoms. The number of benzene rings is 1. The van der Waals surface area contributed by atoms with Gasteiger partial charge in [0.25, 0.3) is 5.56 Å². The molecule has 4 rings (SSSR count). The van der Waals surface area contributed by atoms with Crippen LogP contribution in [0.1, 0.15) is 17.5 Å². The Bertz CT molecular complexity index is 1240. The van der Waals surface area contributed by atoms with Crippen LogP contribution in [0.25, 0.3) is 22.4 Å². The lowest BCUT2D eigenvalue weighted by molar-refractivity contribution is -0.143. The van der Waals surface area contributed by atoms with Gasteiger partial charge >= 0.3 is 5.97 Å². The number of hydrogen-bond donors (Lipinski definition) is 1. The van der Waals surface area contributed by atoms with E-state index >= 15 is 0 Å². The van der Waals surface area contributed by atoms with Gasteiger partial charge in [0.1, 0.15) is 5.82 Å². The van der Waals surface area contributed by atoms with Gasteiger partial charge in [-0.25, -0.2) is 4.98 Å². The van der Waals surface area contributed by atoms with E-state index in [0.29, 0.717) is 31.6 Å². The third-order valence-electron chi connectivity index (χ3n) is 6.85. The molecule has 2 atom stereocenters. The average Bonchev–Trinajstić information content (AvgIpc) is 3.18. The number of aromatic nitrogens is 3. The molecule has 1 N–H and O–H groups in total. The van der Waals surface area contributed by atoms with Gasteiger partial charge in [-0.2, -0.15) is 0 Å². The lowest BCUT2D eigenvalue weighted by Crippen LogP contribution is -2.45. The number of morpholine rings is 1. The molecule has 3 aromatic rings. The second-order valence-corrected chi connectivity index (χ2v) is 9.44. The molecule has 1 aliphatic rings. The third kappa shape index (κ3) is 5.47. The van der Waals surface area contributed by atoms with E-state index in [1.54, 1.807) is 11.6 Å². The van der Waals surface area contributed by atoms with Gasteiger partial charge in [0.2, 0.25) is 0 Å². The zero-order chi connectivity index (χ0) is 25.1. The number of nitrogens with zero attached hydrogens (tertiary/aromatic N) is 4. The van der Waals surface area contributed by atoms with Gasteiger partial charge in [0.05, 0.1) is 42.8 Å². The first kappa shape index (κ1) is 25.1. The molecule has 188 valence electrons. The molecule has 0 amide bonds. The lowest BCUT2D eigenvalue weighted by atomic mass is 10.00. The SMILES string of the molecule is COC[C@H](CCc1ccc2c(c1)nc(-c1cc(C)c(=O)n(C)c1)n2CC1COCCN1C)C(=O)O. The van der Waals surface area contributed by atoms with Gasteiger partial charge in [-0.15, -0.1) is 0 Å². The normalized spacial score (nSPS) is 17.7. The van der Waals surface area contributed by atoms with Crippen molar-refractivity contribution in [3.63, 3.8) is 0 Å². The Labute approximate surface area is 204 Å². The summed E-state index contributed by atoms with van der Waals surface area (Å²) in [6.45, 7) is 4.97. The van der Waals surface area contributed by atoms with Crippen molar-refractivity contribution in [2.45, 2.75) is 32.4 Å². The van der Waals surface area contributed by atoms with E-state index in [1.165, 1.54) is 7.11 Å². The third-order valence-corrected chi connectivity index (χ3v) is 6.85. The Morgan fingerprint density at radius 3 is 2.80 bits per heavy atom. The quantitative estimate of drug-likeness (QED) is 0.500. The van der Waals surface area contributed by atoms with Gasteiger partial charge in [0.15, 0.2) is 0 Å². The van der Waals surface area contributed by atoms with Crippen molar-refractivity contribution in [2.75, 3.05) is 40.5 Å². The number of carbonyl (C=O) groups is 1. The van der Waals surface area contributed by atoms with Crippen LogP contribution in [0.2, 0.25) is 0 Å². The minimum atomic E-state index is -0.844. The monoisotopic (exact) mass is 482 g/mol. The first-order valence-electron chi connectivity index (χ1n) is 11.9. The minimum Gasteiger partial charge on any atom is -0.481 e. The summed E-state index contributed by atoms with van der Waals surface area (Å²) in [4.78, 5) is 31.1. The van der Waals surface area contributed by atoms with E-state index in [9.17, 15) is 14.7 Å². The van der Waals surface area contributed by atoms with Crippen molar-refractivity contribution in [3.05, 3.63) is 51.9 Å². The molecule has 1 saturated heterocycles. The predicted molar refractivity (Wildman–Crippen MR) is 134 cm³/mol. The molecule has 9 heteroatoms. The van der Waals surface area contributed by atoms with Crippen molar-refractivity contribution in [1.29, 1.82) is 0 Å². The highest BCUT2D eigenvalue weighted by Gasteiger charge is 2.24. The fourth-order valence-electron chi connectivity index (χ4n) is 4.70. The van der Waals surface area contributed by atoms with E-state index in [4.69, 9.17) is 14.5 Å². The molecule has 0 aliphatic carbocycles. The van der Waals surface area contributed by atoms with Crippen LogP contribution < -0.4 is 5.56 Å². The Morgan fingerprint density at radius 1 is 1.31 bits per heavy atom. The molecular formula is C26H34N4O5. The zero-order valence-corrected chi connectivity index (χ0v) is 20.9. The molecule has 0 spiro atoms. The van der Waals surface area contributed by atoms with Gasteiger partial charge in [0, 0.05) is 44.6 Å². The number of carboxylic acid groups (broad SMARTS) is 1. The first-order chi connectivity index (χ1) is 16.8. The number of likely N-dealkylation sites (N-methyl/N-ethyl adjacent to an activating group) is 1. The van der Waals surface area contributed by atoms with Crippen LogP contribution >= 0.6 is 0 Å². The van der Waals surface area contributed by atoms with Crippen LogP contribution in [-0.4, -0.2) is 76.7 Å². The second-order valence-electron chi connectivity index (χ2n) is 9.44. The van der Waals surface area contributed by atoms with Crippen LogP contribution in [0.5, 0.6) is 0 Å². The summed E-state index contributed by atoms with van der Waals surface area (Å²) >= 11 is 0. The van der Waals surface area contributed by atoms with Crippen LogP contribution in [0.3, 0.4) is 0 Å². The van der Waals surface area contributed by atoms with E-state index in [1.807, 2.05) is 31.3 Å². The van der Waals surface area contributed by atoms with Crippen molar-refractivity contribution in [1.82, 2.24) is 19.0 Å². The fourth-order valence-corrected chi connectivity index (χ4v) is 4.70. The Balaban J connectivity index is 1.73. The van der Waals surface area contributed by atoms with Crippen molar-refractivity contribution >= 4 is 17.0 Å². The molecular weight excluding hydrogens is 448 g/mol. The van der Waals surface area contributed by atoms with Crippen molar-refractivity contribution in [3.8, 4) is 11.4 Å². The molecule has 0 radical (unpaired) electrons. The number of aryl methyl sites for hydroxylation is 3. The average molecular weight is 483 g/mol. The summed E-state index contributed by atoms with van der Waals surface area (Å²) in [6, 6.07) is 8.24. The van der Waals surface area contributed by atoms with Crippen LogP contribution in [0.15, 0.2) is 35.3 Å². The zero-order valence-electron chi connectivity index (χ0n) is 20.9. The maximum Gasteiger partial charge on any atom is 0.308 e. The van der Waals surface area contributed by atoms with E-state index in [2.05, 4.69) is 22.6 Å². The second kappa shape index (κ2) is 10.7. The number of ether oxygens (including phenoxy) is 2. The maximum atomic E-state index is 12.3.